The Kier molecular flexibility index (Phi) is 2.33. The van der Waals surface area contributed by atoms with Crippen molar-refractivity contribution in [3.63, 3.8) is 0 Å². The first-order chi connectivity index (χ1) is 7.18. The largest absolute Gasteiger partial charge is 0.480 e. The number of para-hydroxylation sites is 1. The smallest absolute Gasteiger partial charge is 0.301 e. The fourth-order valence-electron chi connectivity index (χ4n) is 1.41. The van der Waals surface area contributed by atoms with Gasteiger partial charge in [-0.25, -0.2) is 0 Å². The first-order valence-electron chi connectivity index (χ1n) is 4.64. The maximum atomic E-state index is 11.5. The van der Waals surface area contributed by atoms with Gasteiger partial charge in [-0.2, -0.15) is 0 Å². The van der Waals surface area contributed by atoms with Gasteiger partial charge in [0.1, 0.15) is 0 Å². The number of hydroxylamine groups is 1. The summed E-state index contributed by atoms with van der Waals surface area (Å²) >= 11 is 0. The standard InChI is InChI=1S/C11H11NO3/c1-8-4-2-3-5-9(8)12-10(13)6-7-11(14)15-12/h2-5,7,14H,6H2,1H3. The molecule has 1 amide bonds. The Morgan fingerprint density at radius 1 is 1.40 bits per heavy atom. The highest BCUT2D eigenvalue weighted by Gasteiger charge is 2.23. The van der Waals surface area contributed by atoms with Gasteiger partial charge < -0.3 is 9.94 Å². The molecule has 4 nitrogen and oxygen atoms in total. The molecule has 0 unspecified atom stereocenters. The quantitative estimate of drug-likeness (QED) is 0.763. The maximum Gasteiger partial charge on any atom is 0.301 e. The highest BCUT2D eigenvalue weighted by Crippen LogP contribution is 2.24. The highest BCUT2D eigenvalue weighted by atomic mass is 16.8. The van der Waals surface area contributed by atoms with Crippen LogP contribution in [0.2, 0.25) is 0 Å². The summed E-state index contributed by atoms with van der Waals surface area (Å²) in [6.07, 6.45) is 1.50. The molecule has 1 aromatic carbocycles. The zero-order valence-corrected chi connectivity index (χ0v) is 8.30. The number of hydrogen-bond acceptors (Lipinski definition) is 3. The Morgan fingerprint density at radius 2 is 2.13 bits per heavy atom. The molecular weight excluding hydrogens is 194 g/mol. The average molecular weight is 205 g/mol. The second-order valence-electron chi connectivity index (χ2n) is 3.31. The molecule has 1 N–H and O–H groups in total. The molecule has 15 heavy (non-hydrogen) atoms. The number of amides is 1. The van der Waals surface area contributed by atoms with Crippen molar-refractivity contribution in [1.82, 2.24) is 0 Å². The third kappa shape index (κ3) is 1.79. The zero-order valence-electron chi connectivity index (χ0n) is 8.30. The first kappa shape index (κ1) is 9.58. The Morgan fingerprint density at radius 3 is 2.87 bits per heavy atom. The van der Waals surface area contributed by atoms with Crippen LogP contribution in [-0.2, 0) is 9.63 Å². The molecule has 4 heteroatoms. The van der Waals surface area contributed by atoms with Crippen LogP contribution in [0.25, 0.3) is 0 Å². The summed E-state index contributed by atoms with van der Waals surface area (Å²) in [5.74, 6) is -0.431. The van der Waals surface area contributed by atoms with Crippen molar-refractivity contribution in [3.05, 3.63) is 41.9 Å². The summed E-state index contributed by atoms with van der Waals surface area (Å²) in [5, 5.41) is 10.3. The van der Waals surface area contributed by atoms with Gasteiger partial charge in [0.05, 0.1) is 12.1 Å². The third-order valence-corrected chi connectivity index (χ3v) is 2.20. The second kappa shape index (κ2) is 3.65. The van der Waals surface area contributed by atoms with Crippen molar-refractivity contribution >= 4 is 11.6 Å². The van der Waals surface area contributed by atoms with E-state index in [9.17, 15) is 9.90 Å². The molecule has 0 saturated carbocycles. The topological polar surface area (TPSA) is 49.8 Å². The molecule has 0 bridgehead atoms. The van der Waals surface area contributed by atoms with Crippen molar-refractivity contribution in [3.8, 4) is 0 Å². The van der Waals surface area contributed by atoms with Crippen LogP contribution in [0.5, 0.6) is 0 Å². The van der Waals surface area contributed by atoms with Crippen molar-refractivity contribution in [2.45, 2.75) is 13.3 Å². The van der Waals surface area contributed by atoms with Gasteiger partial charge in [0.2, 0.25) is 0 Å². The van der Waals surface area contributed by atoms with Crippen LogP contribution in [0.3, 0.4) is 0 Å². The third-order valence-electron chi connectivity index (χ3n) is 2.20. The van der Waals surface area contributed by atoms with E-state index in [2.05, 4.69) is 0 Å². The van der Waals surface area contributed by atoms with E-state index in [1.807, 2.05) is 25.1 Å². The molecule has 0 aliphatic carbocycles. The zero-order chi connectivity index (χ0) is 10.8. The fourth-order valence-corrected chi connectivity index (χ4v) is 1.41. The number of aryl methyl sites for hydroxylation is 1. The number of hydrogen-bond donors (Lipinski definition) is 1. The van der Waals surface area contributed by atoms with E-state index in [1.54, 1.807) is 6.07 Å². The number of aliphatic hydroxyl groups is 1. The van der Waals surface area contributed by atoms with Crippen molar-refractivity contribution in [2.24, 2.45) is 0 Å². The molecule has 0 radical (unpaired) electrons. The van der Waals surface area contributed by atoms with Crippen LogP contribution in [0.15, 0.2) is 36.3 Å². The van der Waals surface area contributed by atoms with Crippen LogP contribution in [-0.4, -0.2) is 11.0 Å². The molecule has 0 fully saturated rings. The van der Waals surface area contributed by atoms with Gasteiger partial charge >= 0.3 is 5.95 Å². The number of carbonyl (C=O) groups is 1. The molecule has 78 valence electrons. The van der Waals surface area contributed by atoms with Gasteiger partial charge in [-0.3, -0.25) is 4.79 Å². The number of aliphatic hydroxyl groups excluding tert-OH is 1. The monoisotopic (exact) mass is 205 g/mol. The summed E-state index contributed by atoms with van der Waals surface area (Å²) in [6, 6.07) is 7.34. The van der Waals surface area contributed by atoms with Crippen molar-refractivity contribution in [2.75, 3.05) is 5.06 Å². The van der Waals surface area contributed by atoms with Gasteiger partial charge in [-0.05, 0) is 18.6 Å². The molecule has 2 rings (SSSR count). The van der Waals surface area contributed by atoms with Gasteiger partial charge in [0.25, 0.3) is 5.91 Å². The van der Waals surface area contributed by atoms with E-state index in [4.69, 9.17) is 4.84 Å². The van der Waals surface area contributed by atoms with E-state index >= 15 is 0 Å². The Balaban J connectivity index is 2.35. The minimum Gasteiger partial charge on any atom is -0.480 e. The molecule has 0 saturated heterocycles. The fraction of sp³-hybridized carbons (Fsp3) is 0.182. The maximum absolute atomic E-state index is 11.5. The van der Waals surface area contributed by atoms with Crippen LogP contribution in [0, 0.1) is 6.92 Å². The predicted octanol–water partition coefficient (Wildman–Crippen LogP) is 2.06. The summed E-state index contributed by atoms with van der Waals surface area (Å²) in [7, 11) is 0. The molecule has 0 spiro atoms. The SMILES string of the molecule is Cc1ccccc1N1OC(O)=CCC1=O. The van der Waals surface area contributed by atoms with E-state index < -0.39 is 0 Å². The highest BCUT2D eigenvalue weighted by molar-refractivity contribution is 5.93. The lowest BCUT2D eigenvalue weighted by Crippen LogP contribution is -2.33. The lowest BCUT2D eigenvalue weighted by molar-refractivity contribution is -0.127. The van der Waals surface area contributed by atoms with Gasteiger partial charge in [-0.1, -0.05) is 18.2 Å². The Hall–Kier alpha value is -1.97. The van der Waals surface area contributed by atoms with Gasteiger partial charge in [0.15, 0.2) is 0 Å². The summed E-state index contributed by atoms with van der Waals surface area (Å²) in [6.45, 7) is 1.88. The van der Waals surface area contributed by atoms with Gasteiger partial charge in [0, 0.05) is 6.08 Å². The normalized spacial score (nSPS) is 15.9. The summed E-state index contributed by atoms with van der Waals surface area (Å²) in [4.78, 5) is 16.5. The van der Waals surface area contributed by atoms with Crippen molar-refractivity contribution in [1.29, 1.82) is 0 Å². The molecule has 1 aliphatic heterocycles. The molecule has 1 heterocycles. The molecular formula is C11H11NO3. The van der Waals surface area contributed by atoms with E-state index in [1.165, 1.54) is 6.08 Å². The average Bonchev–Trinajstić information content (AvgIpc) is 2.23. The minimum absolute atomic E-state index is 0.153. The predicted molar refractivity (Wildman–Crippen MR) is 55.1 cm³/mol. The van der Waals surface area contributed by atoms with Crippen LogP contribution in [0.1, 0.15) is 12.0 Å². The summed E-state index contributed by atoms with van der Waals surface area (Å²) < 4.78 is 0. The van der Waals surface area contributed by atoms with E-state index in [0.717, 1.165) is 10.6 Å². The number of carbonyl (C=O) groups excluding carboxylic acids is 1. The molecule has 1 aromatic rings. The molecule has 0 aromatic heterocycles. The minimum atomic E-state index is -0.238. The van der Waals surface area contributed by atoms with Crippen LogP contribution < -0.4 is 5.06 Å². The van der Waals surface area contributed by atoms with Crippen molar-refractivity contribution < 1.29 is 14.7 Å². The first-order valence-corrected chi connectivity index (χ1v) is 4.64. The lowest BCUT2D eigenvalue weighted by atomic mass is 10.2. The summed E-state index contributed by atoms with van der Waals surface area (Å²) in [5.41, 5.74) is 1.57. The number of anilines is 1. The van der Waals surface area contributed by atoms with Gasteiger partial charge in [-0.15, -0.1) is 5.06 Å². The molecule has 0 atom stereocenters. The lowest BCUT2D eigenvalue weighted by Gasteiger charge is -2.25. The van der Waals surface area contributed by atoms with E-state index in [-0.39, 0.29) is 18.3 Å². The molecule has 1 aliphatic rings. The second-order valence-corrected chi connectivity index (χ2v) is 3.31. The number of benzene rings is 1. The number of rotatable bonds is 1. The number of nitrogens with zero attached hydrogens (tertiary/aromatic N) is 1. The van der Waals surface area contributed by atoms with Crippen LogP contribution >= 0.6 is 0 Å². The Labute approximate surface area is 87.3 Å². The van der Waals surface area contributed by atoms with E-state index in [0.29, 0.717) is 5.69 Å². The Bertz CT molecular complexity index is 426. The van der Waals surface area contributed by atoms with Crippen LogP contribution in [0.4, 0.5) is 5.69 Å².